The third-order valence-electron chi connectivity index (χ3n) is 5.10. The van der Waals surface area contributed by atoms with E-state index in [-0.39, 0.29) is 22.9 Å². The molecule has 0 aromatic carbocycles. The fourth-order valence-electron chi connectivity index (χ4n) is 2.85. The van der Waals surface area contributed by atoms with Crippen LogP contribution in [0.2, 0.25) is 0 Å². The van der Waals surface area contributed by atoms with E-state index < -0.39 is 0 Å². The average molecular weight is 491 g/mol. The van der Waals surface area contributed by atoms with Crippen LogP contribution in [0, 0.1) is 18.3 Å². The molecule has 2 aliphatic rings. The molecule has 2 heterocycles. The van der Waals surface area contributed by atoms with Crippen molar-refractivity contribution < 1.29 is 14.1 Å². The molecular formula is C26H46N6O3. The van der Waals surface area contributed by atoms with Crippen LogP contribution < -0.4 is 11.5 Å². The van der Waals surface area contributed by atoms with E-state index in [0.29, 0.717) is 23.6 Å². The molecule has 0 aliphatic heterocycles. The van der Waals surface area contributed by atoms with Crippen LogP contribution in [-0.4, -0.2) is 32.9 Å². The predicted molar refractivity (Wildman–Crippen MR) is 143 cm³/mol. The SMILES string of the molecule is CC.CC.CC(C)(C)OC=O.CC1CCC1.Cc1c(C(=N)c2c(N)ncnc2N)noc1C1CC1. The first-order chi connectivity index (χ1) is 16.5. The van der Waals surface area contributed by atoms with Crippen LogP contribution in [0.3, 0.4) is 0 Å². The minimum absolute atomic E-state index is 0.101. The summed E-state index contributed by atoms with van der Waals surface area (Å²) < 4.78 is 9.88. The van der Waals surface area contributed by atoms with Gasteiger partial charge in [0.25, 0.3) is 6.47 Å². The normalized spacial score (nSPS) is 14.1. The van der Waals surface area contributed by atoms with Crippen LogP contribution in [0.25, 0.3) is 0 Å². The van der Waals surface area contributed by atoms with Crippen LogP contribution in [0.5, 0.6) is 0 Å². The topological polar surface area (TPSA) is 154 Å². The van der Waals surface area contributed by atoms with Gasteiger partial charge in [0.05, 0.1) is 11.3 Å². The first kappa shape index (κ1) is 32.0. The number of nitrogens with zero attached hydrogens (tertiary/aromatic N) is 3. The van der Waals surface area contributed by atoms with E-state index >= 15 is 0 Å². The Morgan fingerprint density at radius 1 is 1.09 bits per heavy atom. The number of hydrogen-bond donors (Lipinski definition) is 3. The van der Waals surface area contributed by atoms with Gasteiger partial charge in [-0.15, -0.1) is 0 Å². The van der Waals surface area contributed by atoms with Gasteiger partial charge in [0, 0.05) is 11.5 Å². The van der Waals surface area contributed by atoms with Crippen LogP contribution in [0.4, 0.5) is 11.6 Å². The van der Waals surface area contributed by atoms with E-state index in [4.69, 9.17) is 21.4 Å². The molecule has 198 valence electrons. The van der Waals surface area contributed by atoms with Gasteiger partial charge in [0.2, 0.25) is 0 Å². The Labute approximate surface area is 210 Å². The van der Waals surface area contributed by atoms with Crippen molar-refractivity contribution in [3.05, 3.63) is 28.9 Å². The summed E-state index contributed by atoms with van der Waals surface area (Å²) in [6.07, 6.45) is 7.96. The maximum atomic E-state index is 9.60. The summed E-state index contributed by atoms with van der Waals surface area (Å²) in [6.45, 7) is 18.1. The van der Waals surface area contributed by atoms with E-state index in [9.17, 15) is 4.79 Å². The van der Waals surface area contributed by atoms with Crippen molar-refractivity contribution in [1.29, 1.82) is 5.41 Å². The molecule has 2 fully saturated rings. The largest absolute Gasteiger partial charge is 0.462 e. The van der Waals surface area contributed by atoms with E-state index in [1.165, 1.54) is 25.6 Å². The molecule has 35 heavy (non-hydrogen) atoms. The highest BCUT2D eigenvalue weighted by Crippen LogP contribution is 2.42. The van der Waals surface area contributed by atoms with Gasteiger partial charge in [0.1, 0.15) is 35.0 Å². The number of carbonyl (C=O) groups is 1. The lowest BCUT2D eigenvalue weighted by atomic mass is 9.88. The number of hydrogen-bond acceptors (Lipinski definition) is 9. The van der Waals surface area contributed by atoms with E-state index in [1.54, 1.807) is 0 Å². The second-order valence-electron chi connectivity index (χ2n) is 9.05. The highest BCUT2D eigenvalue weighted by molar-refractivity contribution is 6.15. The molecule has 0 bridgehead atoms. The van der Waals surface area contributed by atoms with Crippen LogP contribution >= 0.6 is 0 Å². The van der Waals surface area contributed by atoms with Gasteiger partial charge < -0.3 is 20.7 Å². The van der Waals surface area contributed by atoms with E-state index in [2.05, 4.69) is 26.8 Å². The molecular weight excluding hydrogens is 444 g/mol. The first-order valence-electron chi connectivity index (χ1n) is 12.6. The fraction of sp³-hybridized carbons (Fsp3) is 0.654. The number of carbonyl (C=O) groups excluding carboxylic acids is 1. The molecule has 5 N–H and O–H groups in total. The molecule has 0 radical (unpaired) electrons. The smallest absolute Gasteiger partial charge is 0.293 e. The predicted octanol–water partition coefficient (Wildman–Crippen LogP) is 6.05. The second-order valence-corrected chi connectivity index (χ2v) is 9.05. The summed E-state index contributed by atoms with van der Waals surface area (Å²) in [5.74, 6) is 2.71. The number of aromatic nitrogens is 3. The molecule has 0 saturated heterocycles. The lowest BCUT2D eigenvalue weighted by Crippen LogP contribution is -2.17. The van der Waals surface area contributed by atoms with Crippen LogP contribution in [-0.2, 0) is 9.53 Å². The van der Waals surface area contributed by atoms with Gasteiger partial charge in [0.15, 0.2) is 0 Å². The average Bonchev–Trinajstić information content (AvgIpc) is 3.56. The summed E-state index contributed by atoms with van der Waals surface area (Å²) >= 11 is 0. The molecule has 0 amide bonds. The lowest BCUT2D eigenvalue weighted by Gasteiger charge is -2.18. The molecule has 4 rings (SSSR count). The molecule has 0 unspecified atom stereocenters. The summed E-state index contributed by atoms with van der Waals surface area (Å²) in [5.41, 5.74) is 12.9. The van der Waals surface area contributed by atoms with Gasteiger partial charge >= 0.3 is 0 Å². The monoisotopic (exact) mass is 490 g/mol. The fourth-order valence-corrected chi connectivity index (χ4v) is 2.85. The summed E-state index contributed by atoms with van der Waals surface area (Å²) in [5, 5.41) is 12.2. The van der Waals surface area contributed by atoms with Gasteiger partial charge in [-0.2, -0.15) is 0 Å². The Balaban J connectivity index is 0.000000596. The van der Waals surface area contributed by atoms with Crippen molar-refractivity contribution in [2.24, 2.45) is 5.92 Å². The minimum atomic E-state index is -0.318. The standard InChI is InChI=1S/C12H14N6O.C5H10O2.C5H10.2C2H6/c1-5-9(18-19-10(5)6-2-3-6)8(13)7-11(14)16-4-17-12(7)15;1-5(2,3)7-4-6;1-5-3-2-4-5;2*1-2/h4,6,13H,2-3H2,1H3,(H4,14,15,16,17);4H,1-3H3;5H,2-4H2,1H3;2*1-2H3. The molecule has 0 atom stereocenters. The zero-order chi connectivity index (χ0) is 27.2. The second kappa shape index (κ2) is 15.8. The first-order valence-corrected chi connectivity index (χ1v) is 12.6. The van der Waals surface area contributed by atoms with Crippen molar-refractivity contribution in [2.45, 2.75) is 106 Å². The lowest BCUT2D eigenvalue weighted by molar-refractivity contribution is -0.138. The van der Waals surface area contributed by atoms with E-state index in [1.807, 2.05) is 55.4 Å². The molecule has 2 aromatic rings. The number of nitrogens with one attached hydrogen (secondary N) is 1. The third-order valence-corrected chi connectivity index (χ3v) is 5.10. The summed E-state index contributed by atoms with van der Waals surface area (Å²) in [4.78, 5) is 17.3. The Hall–Kier alpha value is -2.97. The van der Waals surface area contributed by atoms with Crippen molar-refractivity contribution in [3.63, 3.8) is 0 Å². The number of nitrogen functional groups attached to an aromatic ring is 2. The van der Waals surface area contributed by atoms with Crippen molar-refractivity contribution in [2.75, 3.05) is 11.5 Å². The van der Waals surface area contributed by atoms with Crippen LogP contribution in [0.15, 0.2) is 10.9 Å². The number of rotatable bonds is 4. The molecule has 2 aliphatic carbocycles. The molecule has 9 nitrogen and oxygen atoms in total. The Morgan fingerprint density at radius 2 is 1.57 bits per heavy atom. The van der Waals surface area contributed by atoms with E-state index in [0.717, 1.165) is 30.1 Å². The number of anilines is 2. The molecule has 9 heteroatoms. The molecule has 2 aromatic heterocycles. The van der Waals surface area contributed by atoms with Gasteiger partial charge in [-0.3, -0.25) is 10.2 Å². The van der Waals surface area contributed by atoms with Gasteiger partial charge in [-0.25, -0.2) is 9.97 Å². The number of nitrogens with two attached hydrogens (primary N) is 2. The summed E-state index contributed by atoms with van der Waals surface area (Å²) in [7, 11) is 0. The van der Waals surface area contributed by atoms with Gasteiger partial charge in [-0.1, -0.05) is 59.0 Å². The Bertz CT molecular complexity index is 877. The highest BCUT2D eigenvalue weighted by Gasteiger charge is 2.32. The maximum absolute atomic E-state index is 9.60. The van der Waals surface area contributed by atoms with Crippen molar-refractivity contribution in [1.82, 2.24) is 15.1 Å². The summed E-state index contributed by atoms with van der Waals surface area (Å²) in [6, 6.07) is 0. The Kier molecular flexibility index (Phi) is 14.5. The van der Waals surface area contributed by atoms with Gasteiger partial charge in [-0.05, 0) is 46.5 Å². The van der Waals surface area contributed by atoms with Crippen molar-refractivity contribution >= 4 is 23.8 Å². The molecule has 0 spiro atoms. The Morgan fingerprint density at radius 3 is 1.89 bits per heavy atom. The molecule has 2 saturated carbocycles. The third kappa shape index (κ3) is 10.9. The maximum Gasteiger partial charge on any atom is 0.293 e. The number of ether oxygens (including phenoxy) is 1. The van der Waals surface area contributed by atoms with Crippen LogP contribution in [0.1, 0.15) is 116 Å². The highest BCUT2D eigenvalue weighted by atomic mass is 16.5. The quantitative estimate of drug-likeness (QED) is 0.346. The van der Waals surface area contributed by atoms with Crippen molar-refractivity contribution in [3.8, 4) is 0 Å². The zero-order valence-electron chi connectivity index (χ0n) is 23.1. The minimum Gasteiger partial charge on any atom is -0.462 e. The zero-order valence-corrected chi connectivity index (χ0v) is 23.1.